The normalized spacial score (nSPS) is 15.6. The number of para-hydroxylation sites is 1. The maximum absolute atomic E-state index is 12.7. The third-order valence-corrected chi connectivity index (χ3v) is 7.26. The Morgan fingerprint density at radius 3 is 3.09 bits per heavy atom. The van der Waals surface area contributed by atoms with Crippen LogP contribution in [0.5, 0.6) is 0 Å². The number of thiophene rings is 1. The molecule has 1 aliphatic heterocycles. The second kappa shape index (κ2) is 6.26. The number of amides is 1. The number of fused-ring (bicyclic) bond motifs is 2. The van der Waals surface area contributed by atoms with Gasteiger partial charge in [0.05, 0.1) is 15.5 Å². The Balaban J connectivity index is 1.46. The second-order valence-corrected chi connectivity index (χ2v) is 9.21. The second-order valence-electron chi connectivity index (χ2n) is 5.59. The molecular weight excluding hydrogens is 344 g/mol. The molecule has 0 aliphatic carbocycles. The topological polar surface area (TPSA) is 33.2 Å². The van der Waals surface area contributed by atoms with Crippen LogP contribution in [-0.2, 0) is 17.8 Å². The molecule has 0 radical (unpaired) electrons. The van der Waals surface area contributed by atoms with Crippen molar-refractivity contribution in [1.82, 2.24) is 9.88 Å². The van der Waals surface area contributed by atoms with Crippen molar-refractivity contribution in [1.29, 1.82) is 0 Å². The van der Waals surface area contributed by atoms with Crippen LogP contribution in [0, 0.1) is 0 Å². The molecule has 118 valence electrons. The highest BCUT2D eigenvalue weighted by atomic mass is 32.2. The average molecular weight is 361 g/mol. The van der Waals surface area contributed by atoms with Gasteiger partial charge in [-0.15, -0.1) is 22.7 Å². The van der Waals surface area contributed by atoms with Gasteiger partial charge in [0, 0.05) is 18.0 Å². The fourth-order valence-electron chi connectivity index (χ4n) is 2.80. The van der Waals surface area contributed by atoms with Gasteiger partial charge in [0.25, 0.3) is 0 Å². The van der Waals surface area contributed by atoms with Crippen LogP contribution >= 0.6 is 34.4 Å². The van der Waals surface area contributed by atoms with Crippen LogP contribution in [0.2, 0.25) is 0 Å². The molecule has 0 saturated carbocycles. The number of rotatable bonds is 3. The van der Waals surface area contributed by atoms with E-state index in [1.807, 2.05) is 30.0 Å². The molecule has 0 fully saturated rings. The van der Waals surface area contributed by atoms with E-state index in [0.717, 1.165) is 29.4 Å². The third kappa shape index (κ3) is 3.03. The molecule has 1 amide bonds. The zero-order chi connectivity index (χ0) is 15.8. The molecule has 3 heterocycles. The van der Waals surface area contributed by atoms with Gasteiger partial charge in [0.2, 0.25) is 5.91 Å². The number of thioether (sulfide) groups is 1. The van der Waals surface area contributed by atoms with Gasteiger partial charge < -0.3 is 4.90 Å². The van der Waals surface area contributed by atoms with E-state index in [-0.39, 0.29) is 11.2 Å². The molecule has 3 nitrogen and oxygen atoms in total. The Labute approximate surface area is 147 Å². The first-order valence-electron chi connectivity index (χ1n) is 7.57. The number of hydrogen-bond acceptors (Lipinski definition) is 5. The van der Waals surface area contributed by atoms with Crippen LogP contribution < -0.4 is 0 Å². The molecule has 1 aromatic carbocycles. The number of carbonyl (C=O) groups is 1. The molecule has 2 aromatic heterocycles. The summed E-state index contributed by atoms with van der Waals surface area (Å²) >= 11 is 5.04. The molecule has 0 spiro atoms. The monoisotopic (exact) mass is 360 g/mol. The van der Waals surface area contributed by atoms with E-state index >= 15 is 0 Å². The molecule has 0 bridgehead atoms. The van der Waals surface area contributed by atoms with Gasteiger partial charge in [0.15, 0.2) is 4.34 Å². The molecule has 0 unspecified atom stereocenters. The van der Waals surface area contributed by atoms with Crippen molar-refractivity contribution in [3.05, 3.63) is 46.2 Å². The van der Waals surface area contributed by atoms with Crippen molar-refractivity contribution < 1.29 is 4.79 Å². The van der Waals surface area contributed by atoms with Crippen LogP contribution in [0.15, 0.2) is 40.1 Å². The Hall–Kier alpha value is -1.37. The summed E-state index contributed by atoms with van der Waals surface area (Å²) < 4.78 is 2.15. The van der Waals surface area contributed by atoms with E-state index < -0.39 is 0 Å². The third-order valence-electron chi connectivity index (χ3n) is 4.02. The van der Waals surface area contributed by atoms with Crippen molar-refractivity contribution in [3.63, 3.8) is 0 Å². The molecule has 0 N–H and O–H groups in total. The van der Waals surface area contributed by atoms with Gasteiger partial charge in [-0.25, -0.2) is 4.98 Å². The molecule has 4 rings (SSSR count). The number of aromatic nitrogens is 1. The van der Waals surface area contributed by atoms with Crippen molar-refractivity contribution in [2.45, 2.75) is 29.5 Å². The fourth-order valence-corrected chi connectivity index (χ4v) is 5.98. The first kappa shape index (κ1) is 15.2. The maximum atomic E-state index is 12.7. The number of hydrogen-bond donors (Lipinski definition) is 0. The van der Waals surface area contributed by atoms with Gasteiger partial charge in [-0.05, 0) is 42.5 Å². The molecule has 0 saturated heterocycles. The molecule has 1 atom stereocenters. The minimum Gasteiger partial charge on any atom is -0.337 e. The quantitative estimate of drug-likeness (QED) is 0.648. The first-order valence-corrected chi connectivity index (χ1v) is 10.1. The summed E-state index contributed by atoms with van der Waals surface area (Å²) in [6, 6.07) is 10.3. The van der Waals surface area contributed by atoms with Crippen molar-refractivity contribution >= 4 is 50.6 Å². The molecule has 1 aliphatic rings. The molecule has 23 heavy (non-hydrogen) atoms. The summed E-state index contributed by atoms with van der Waals surface area (Å²) in [5.41, 5.74) is 2.33. The van der Waals surface area contributed by atoms with Crippen LogP contribution in [0.25, 0.3) is 10.2 Å². The van der Waals surface area contributed by atoms with Crippen molar-refractivity contribution in [2.24, 2.45) is 0 Å². The van der Waals surface area contributed by atoms with Gasteiger partial charge in [0.1, 0.15) is 0 Å². The summed E-state index contributed by atoms with van der Waals surface area (Å²) in [6.45, 7) is 3.57. The van der Waals surface area contributed by atoms with Crippen LogP contribution in [0.1, 0.15) is 17.4 Å². The van der Waals surface area contributed by atoms with Crippen LogP contribution in [0.3, 0.4) is 0 Å². The van der Waals surface area contributed by atoms with Gasteiger partial charge in [-0.3, -0.25) is 4.79 Å². The largest absolute Gasteiger partial charge is 0.337 e. The number of benzene rings is 1. The minimum absolute atomic E-state index is 0.101. The zero-order valence-corrected chi connectivity index (χ0v) is 15.1. The van der Waals surface area contributed by atoms with Crippen LogP contribution in [-0.4, -0.2) is 27.6 Å². The summed E-state index contributed by atoms with van der Waals surface area (Å²) in [6.07, 6.45) is 0.983. The SMILES string of the molecule is C[C@H](Sc1nc2ccccc2s1)C(=O)N1CCc2sccc2C1. The van der Waals surface area contributed by atoms with Gasteiger partial charge in [-0.1, -0.05) is 23.9 Å². The Bertz CT molecular complexity index is 821. The highest BCUT2D eigenvalue weighted by Crippen LogP contribution is 2.33. The smallest absolute Gasteiger partial charge is 0.236 e. The van der Waals surface area contributed by atoms with E-state index in [9.17, 15) is 4.79 Å². The summed E-state index contributed by atoms with van der Waals surface area (Å²) in [5.74, 6) is 0.214. The zero-order valence-electron chi connectivity index (χ0n) is 12.7. The highest BCUT2D eigenvalue weighted by molar-refractivity contribution is 8.02. The summed E-state index contributed by atoms with van der Waals surface area (Å²) in [7, 11) is 0. The van der Waals surface area contributed by atoms with Crippen LogP contribution in [0.4, 0.5) is 0 Å². The Morgan fingerprint density at radius 1 is 1.35 bits per heavy atom. The van der Waals surface area contributed by atoms with E-state index in [1.165, 1.54) is 15.1 Å². The number of nitrogens with zero attached hydrogens (tertiary/aromatic N) is 2. The number of carbonyl (C=O) groups excluding carboxylic acids is 1. The first-order chi connectivity index (χ1) is 11.2. The fraction of sp³-hybridized carbons (Fsp3) is 0.294. The van der Waals surface area contributed by atoms with E-state index in [4.69, 9.17) is 0 Å². The predicted octanol–water partition coefficient (Wildman–Crippen LogP) is 4.42. The Morgan fingerprint density at radius 2 is 2.22 bits per heavy atom. The highest BCUT2D eigenvalue weighted by Gasteiger charge is 2.26. The van der Waals surface area contributed by atoms with E-state index in [2.05, 4.69) is 22.5 Å². The number of thiazole rings is 1. The Kier molecular flexibility index (Phi) is 4.13. The predicted molar refractivity (Wildman–Crippen MR) is 98.4 cm³/mol. The molecular formula is C17H16N2OS3. The average Bonchev–Trinajstić information content (AvgIpc) is 3.18. The standard InChI is InChI=1S/C17H16N2OS3/c1-11(22-17-18-13-4-2-3-5-15(13)23-17)16(20)19-8-6-14-12(10-19)7-9-21-14/h2-5,7,9,11H,6,8,10H2,1H3/t11-/m0/s1. The lowest BCUT2D eigenvalue weighted by Gasteiger charge is -2.29. The molecule has 6 heteroatoms. The molecule has 3 aromatic rings. The lowest BCUT2D eigenvalue weighted by atomic mass is 10.1. The van der Waals surface area contributed by atoms with Crippen molar-refractivity contribution in [2.75, 3.05) is 6.54 Å². The van der Waals surface area contributed by atoms with Crippen molar-refractivity contribution in [3.8, 4) is 0 Å². The summed E-state index contributed by atoms with van der Waals surface area (Å²) in [5, 5.41) is 2.02. The van der Waals surface area contributed by atoms with E-state index in [0.29, 0.717) is 0 Å². The minimum atomic E-state index is -0.101. The van der Waals surface area contributed by atoms with Gasteiger partial charge in [-0.2, -0.15) is 0 Å². The lowest BCUT2D eigenvalue weighted by molar-refractivity contribution is -0.131. The summed E-state index contributed by atoms with van der Waals surface area (Å²) in [4.78, 5) is 20.8. The van der Waals surface area contributed by atoms with E-state index in [1.54, 1.807) is 34.4 Å². The lowest BCUT2D eigenvalue weighted by Crippen LogP contribution is -2.39. The van der Waals surface area contributed by atoms with Gasteiger partial charge >= 0.3 is 0 Å². The maximum Gasteiger partial charge on any atom is 0.236 e.